The van der Waals surface area contributed by atoms with Gasteiger partial charge < -0.3 is 19.5 Å². The zero-order valence-electron chi connectivity index (χ0n) is 20.8. The number of benzene rings is 2. The quantitative estimate of drug-likeness (QED) is 0.446. The number of aliphatic carboxylic acids is 1. The molecule has 1 aliphatic rings. The van der Waals surface area contributed by atoms with Gasteiger partial charge in [-0.05, 0) is 59.8 Å². The van der Waals surface area contributed by atoms with Gasteiger partial charge >= 0.3 is 5.97 Å². The number of para-hydroxylation sites is 1. The molecule has 1 unspecified atom stereocenters. The molecule has 1 atom stereocenters. The summed E-state index contributed by atoms with van der Waals surface area (Å²) >= 11 is 1.26. The molecule has 198 valence electrons. The average molecular weight is 555 g/mol. The number of hydrogen-bond donors (Lipinski definition) is 1. The molecule has 1 aliphatic heterocycles. The smallest absolute Gasteiger partial charge is 0.323 e. The number of carbonyl (C=O) groups excluding carboxylic acids is 1. The fourth-order valence-electron chi connectivity index (χ4n) is 4.05. The summed E-state index contributed by atoms with van der Waals surface area (Å²) < 4.78 is 38.8. The first kappa shape index (κ1) is 27.3. The van der Waals surface area contributed by atoms with E-state index in [-0.39, 0.29) is 37.1 Å². The van der Waals surface area contributed by atoms with Crippen molar-refractivity contribution in [2.24, 2.45) is 0 Å². The highest BCUT2D eigenvalue weighted by Crippen LogP contribution is 2.33. The van der Waals surface area contributed by atoms with E-state index in [0.717, 1.165) is 9.87 Å². The lowest BCUT2D eigenvalue weighted by molar-refractivity contribution is -0.141. The van der Waals surface area contributed by atoms with Gasteiger partial charge in [0.2, 0.25) is 10.0 Å². The van der Waals surface area contributed by atoms with Crippen LogP contribution in [0.4, 0.5) is 5.69 Å². The number of amides is 1. The van der Waals surface area contributed by atoms with Crippen LogP contribution in [0.2, 0.25) is 0 Å². The fourth-order valence-corrected chi connectivity index (χ4v) is 6.47. The minimum Gasteiger partial charge on any atom is -0.481 e. The molecule has 0 saturated heterocycles. The summed E-state index contributed by atoms with van der Waals surface area (Å²) in [4.78, 5) is 27.7. The highest BCUT2D eigenvalue weighted by Gasteiger charge is 2.42. The van der Waals surface area contributed by atoms with Gasteiger partial charge in [-0.25, -0.2) is 8.42 Å². The predicted molar refractivity (Wildman–Crippen MR) is 143 cm³/mol. The van der Waals surface area contributed by atoms with E-state index in [9.17, 15) is 23.1 Å². The van der Waals surface area contributed by atoms with Crippen LogP contribution in [0.5, 0.6) is 5.75 Å². The summed E-state index contributed by atoms with van der Waals surface area (Å²) in [5.41, 5.74) is 1.77. The van der Waals surface area contributed by atoms with E-state index in [2.05, 4.69) is 11.8 Å². The van der Waals surface area contributed by atoms with Crippen molar-refractivity contribution in [1.29, 1.82) is 0 Å². The number of carboxylic acids is 1. The van der Waals surface area contributed by atoms with Gasteiger partial charge in [-0.15, -0.1) is 11.3 Å². The standard InChI is InChI=1S/C27H26N2O7S2/c1-19-13-16-37-25(19)26(30)28-18-24(27(31)32)29(17-20-7-3-4-8-23(20)28)38(33,34)22-11-9-21(10-12-22)36-15-6-5-14-35-2/h3-4,7-13,16,24H,14-15,17-18H2,1-2H3,(H,31,32). The Morgan fingerprint density at radius 1 is 1.08 bits per heavy atom. The van der Waals surface area contributed by atoms with Crippen LogP contribution in [0.1, 0.15) is 20.8 Å². The van der Waals surface area contributed by atoms with Gasteiger partial charge in [0.15, 0.2) is 0 Å². The molecule has 4 rings (SSSR count). The lowest BCUT2D eigenvalue weighted by atomic mass is 10.1. The molecule has 0 bridgehead atoms. The highest BCUT2D eigenvalue weighted by atomic mass is 32.2. The molecular formula is C27H26N2O7S2. The molecule has 3 aromatic rings. The van der Waals surface area contributed by atoms with Crippen molar-refractivity contribution in [3.63, 3.8) is 0 Å². The van der Waals surface area contributed by atoms with Gasteiger partial charge in [0.05, 0.1) is 16.3 Å². The summed E-state index contributed by atoms with van der Waals surface area (Å²) in [6.07, 6.45) is 0. The Morgan fingerprint density at radius 3 is 2.45 bits per heavy atom. The molecule has 2 heterocycles. The molecule has 1 aromatic heterocycles. The van der Waals surface area contributed by atoms with Crippen molar-refractivity contribution in [3.8, 4) is 17.6 Å². The van der Waals surface area contributed by atoms with Gasteiger partial charge in [0, 0.05) is 19.3 Å². The van der Waals surface area contributed by atoms with Gasteiger partial charge in [-0.3, -0.25) is 9.59 Å². The Bertz CT molecular complexity index is 1490. The van der Waals surface area contributed by atoms with Gasteiger partial charge in [-0.2, -0.15) is 4.31 Å². The summed E-state index contributed by atoms with van der Waals surface area (Å²) in [6.45, 7) is 1.63. The summed E-state index contributed by atoms with van der Waals surface area (Å²) in [7, 11) is -2.73. The number of sulfonamides is 1. The molecule has 1 N–H and O–H groups in total. The summed E-state index contributed by atoms with van der Waals surface area (Å²) in [5.74, 6) is 4.22. The average Bonchev–Trinajstić information content (AvgIpc) is 3.25. The Balaban J connectivity index is 1.67. The maximum absolute atomic E-state index is 13.8. The van der Waals surface area contributed by atoms with E-state index in [1.54, 1.807) is 36.6 Å². The minimum absolute atomic E-state index is 0.0899. The van der Waals surface area contributed by atoms with Gasteiger partial charge in [-0.1, -0.05) is 30.0 Å². The number of ether oxygens (including phenoxy) is 2. The molecule has 38 heavy (non-hydrogen) atoms. The van der Waals surface area contributed by atoms with Crippen LogP contribution in [0, 0.1) is 18.8 Å². The second kappa shape index (κ2) is 11.8. The van der Waals surface area contributed by atoms with Crippen LogP contribution >= 0.6 is 11.3 Å². The number of anilines is 1. The first-order chi connectivity index (χ1) is 18.2. The van der Waals surface area contributed by atoms with Crippen molar-refractivity contribution >= 4 is 38.9 Å². The maximum atomic E-state index is 13.8. The number of rotatable bonds is 7. The Hall–Kier alpha value is -3.69. The number of methoxy groups -OCH3 is 1. The SMILES string of the molecule is COCC#CCOc1ccc(S(=O)(=O)N2Cc3ccccc3N(C(=O)c3sccc3C)CC2C(=O)O)cc1. The molecule has 0 saturated carbocycles. The van der Waals surface area contributed by atoms with E-state index in [0.29, 0.717) is 21.9 Å². The number of fused-ring (bicyclic) bond motifs is 1. The Morgan fingerprint density at radius 2 is 1.79 bits per heavy atom. The van der Waals surface area contributed by atoms with Crippen molar-refractivity contribution in [2.45, 2.75) is 24.4 Å². The topological polar surface area (TPSA) is 113 Å². The van der Waals surface area contributed by atoms with Crippen LogP contribution in [0.15, 0.2) is 64.9 Å². The fraction of sp³-hybridized carbons (Fsp3) is 0.259. The Labute approximate surface area is 225 Å². The van der Waals surface area contributed by atoms with E-state index in [4.69, 9.17) is 9.47 Å². The van der Waals surface area contributed by atoms with E-state index in [1.165, 1.54) is 47.6 Å². The van der Waals surface area contributed by atoms with Crippen LogP contribution in [-0.2, 0) is 26.1 Å². The molecule has 0 fully saturated rings. The largest absolute Gasteiger partial charge is 0.481 e. The number of nitrogens with zero attached hydrogens (tertiary/aromatic N) is 2. The van der Waals surface area contributed by atoms with Crippen molar-refractivity contribution < 1.29 is 32.6 Å². The lowest BCUT2D eigenvalue weighted by Gasteiger charge is -2.28. The molecule has 9 nitrogen and oxygen atoms in total. The van der Waals surface area contributed by atoms with Crippen molar-refractivity contribution in [2.75, 3.05) is 31.8 Å². The van der Waals surface area contributed by atoms with E-state index >= 15 is 0 Å². The molecule has 2 aromatic carbocycles. The number of carboxylic acid groups (broad SMARTS) is 1. The predicted octanol–water partition coefficient (Wildman–Crippen LogP) is 3.39. The zero-order chi connectivity index (χ0) is 27.3. The summed E-state index contributed by atoms with van der Waals surface area (Å²) in [6, 6.07) is 12.9. The van der Waals surface area contributed by atoms with Crippen LogP contribution in [0.3, 0.4) is 0 Å². The number of thiophene rings is 1. The van der Waals surface area contributed by atoms with E-state index < -0.39 is 22.0 Å². The monoisotopic (exact) mass is 554 g/mol. The molecule has 1 amide bonds. The minimum atomic E-state index is -4.27. The zero-order valence-corrected chi connectivity index (χ0v) is 22.4. The number of hydrogen-bond acceptors (Lipinski definition) is 7. The second-order valence-electron chi connectivity index (χ2n) is 8.43. The molecular weight excluding hydrogens is 528 g/mol. The van der Waals surface area contributed by atoms with Crippen LogP contribution in [0.25, 0.3) is 0 Å². The number of aryl methyl sites for hydroxylation is 1. The third-order valence-corrected chi connectivity index (χ3v) is 8.85. The van der Waals surface area contributed by atoms with Crippen molar-refractivity contribution in [3.05, 3.63) is 76.0 Å². The molecule has 0 spiro atoms. The highest BCUT2D eigenvalue weighted by molar-refractivity contribution is 7.89. The first-order valence-electron chi connectivity index (χ1n) is 11.6. The van der Waals surface area contributed by atoms with Gasteiger partial charge in [0.1, 0.15) is 25.0 Å². The van der Waals surface area contributed by atoms with Crippen LogP contribution in [-0.4, -0.2) is 62.6 Å². The first-order valence-corrected chi connectivity index (χ1v) is 13.9. The normalized spacial score (nSPS) is 15.6. The molecule has 0 radical (unpaired) electrons. The Kier molecular flexibility index (Phi) is 8.48. The third-order valence-electron chi connectivity index (χ3n) is 5.98. The van der Waals surface area contributed by atoms with E-state index in [1.807, 2.05) is 6.07 Å². The van der Waals surface area contributed by atoms with Crippen LogP contribution < -0.4 is 9.64 Å². The number of carbonyl (C=O) groups is 2. The summed E-state index contributed by atoms with van der Waals surface area (Å²) in [5, 5.41) is 11.9. The van der Waals surface area contributed by atoms with Gasteiger partial charge in [0.25, 0.3) is 5.91 Å². The van der Waals surface area contributed by atoms with Crippen molar-refractivity contribution in [1.82, 2.24) is 4.31 Å². The molecule has 11 heteroatoms. The maximum Gasteiger partial charge on any atom is 0.323 e. The second-order valence-corrected chi connectivity index (χ2v) is 11.2. The lowest BCUT2D eigenvalue weighted by Crippen LogP contribution is -2.50. The molecule has 0 aliphatic carbocycles. The third kappa shape index (κ3) is 5.74.